The second-order valence-corrected chi connectivity index (χ2v) is 11.8. The Labute approximate surface area is 220 Å². The van der Waals surface area contributed by atoms with Gasteiger partial charge in [-0.1, -0.05) is 0 Å². The lowest BCUT2D eigenvalue weighted by Crippen LogP contribution is -2.43. The van der Waals surface area contributed by atoms with E-state index >= 15 is 0 Å². The zero-order chi connectivity index (χ0) is 24.5. The van der Waals surface area contributed by atoms with Crippen molar-refractivity contribution in [1.29, 1.82) is 0 Å². The zero-order valence-corrected chi connectivity index (χ0v) is 22.5. The molecule has 2 aliphatic heterocycles. The molecule has 3 aromatic rings. The normalized spacial score (nSPS) is 19.1. The summed E-state index contributed by atoms with van der Waals surface area (Å²) >= 11 is 3.54. The molecule has 6 rings (SSSR count). The fourth-order valence-electron chi connectivity index (χ4n) is 4.65. The molecule has 9 nitrogen and oxygen atoms in total. The van der Waals surface area contributed by atoms with E-state index in [0.29, 0.717) is 24.3 Å². The Morgan fingerprint density at radius 1 is 1.19 bits per heavy atom. The molecule has 5 heterocycles. The monoisotopic (exact) mass is 527 g/mol. The summed E-state index contributed by atoms with van der Waals surface area (Å²) in [6, 6.07) is 2.12. The van der Waals surface area contributed by atoms with Crippen LogP contribution in [0.5, 0.6) is 5.88 Å². The Morgan fingerprint density at radius 2 is 2.00 bits per heavy atom. The van der Waals surface area contributed by atoms with Crippen LogP contribution in [0.3, 0.4) is 0 Å². The third-order valence-corrected chi connectivity index (χ3v) is 9.17. The van der Waals surface area contributed by atoms with Gasteiger partial charge in [-0.3, -0.25) is 4.90 Å². The number of aryl methyl sites for hydroxylation is 1. The number of aromatic nitrogens is 3. The maximum absolute atomic E-state index is 5.60. The average Bonchev–Trinajstić information content (AvgIpc) is 3.71. The maximum Gasteiger partial charge on any atom is 0.237 e. The van der Waals surface area contributed by atoms with Crippen LogP contribution in [0.4, 0.5) is 11.6 Å². The summed E-state index contributed by atoms with van der Waals surface area (Å²) in [5.41, 5.74) is 5.20. The van der Waals surface area contributed by atoms with E-state index < -0.39 is 0 Å². The van der Waals surface area contributed by atoms with Gasteiger partial charge >= 0.3 is 0 Å². The number of methoxy groups -OCH3 is 1. The highest BCUT2D eigenvalue weighted by Crippen LogP contribution is 2.41. The predicted octanol–water partition coefficient (Wildman–Crippen LogP) is 3.53. The van der Waals surface area contributed by atoms with Crippen molar-refractivity contribution >= 4 is 45.1 Å². The molecule has 2 saturated heterocycles. The second-order valence-electron chi connectivity index (χ2n) is 9.51. The highest BCUT2D eigenvalue weighted by Gasteiger charge is 2.25. The zero-order valence-electron chi connectivity index (χ0n) is 20.9. The number of thiophene rings is 1. The van der Waals surface area contributed by atoms with Gasteiger partial charge in [0.05, 0.1) is 36.2 Å². The second kappa shape index (κ2) is 10.7. The molecular weight excluding hydrogens is 494 g/mol. The Bertz CT molecular complexity index is 1220. The molecule has 3 aromatic heterocycles. The van der Waals surface area contributed by atoms with E-state index in [1.165, 1.54) is 23.3 Å². The van der Waals surface area contributed by atoms with E-state index in [0.717, 1.165) is 78.9 Å². The molecule has 1 saturated carbocycles. The highest BCUT2D eigenvalue weighted by atomic mass is 32.2. The minimum absolute atomic E-state index is 0.604. The number of rotatable bonds is 8. The largest absolute Gasteiger partial charge is 0.480 e. The third kappa shape index (κ3) is 5.12. The lowest BCUT2D eigenvalue weighted by molar-refractivity contribution is 0.122. The standard InChI is InChI=1S/C25H33N7O2S2/c1-16-19(15-31-7-5-26-6-8-31)22-23(35-16)21(28-25(29-22)32-9-11-34-12-10-32)17-13-20(24(33-2)27-14-17)30-36-18-3-4-18/h13-14,18,26,30H,3-12,15H2,1-2H3. The average molecular weight is 528 g/mol. The molecule has 0 spiro atoms. The molecule has 0 aromatic carbocycles. The van der Waals surface area contributed by atoms with Gasteiger partial charge in [0.25, 0.3) is 0 Å². The van der Waals surface area contributed by atoms with Crippen molar-refractivity contribution in [3.8, 4) is 17.1 Å². The van der Waals surface area contributed by atoms with Crippen LogP contribution >= 0.6 is 23.3 Å². The van der Waals surface area contributed by atoms with Crippen molar-refractivity contribution in [2.45, 2.75) is 31.6 Å². The summed E-state index contributed by atoms with van der Waals surface area (Å²) in [6.45, 7) is 10.3. The number of ether oxygens (including phenoxy) is 2. The van der Waals surface area contributed by atoms with Gasteiger partial charge < -0.3 is 24.4 Å². The van der Waals surface area contributed by atoms with Gasteiger partial charge in [-0.15, -0.1) is 11.3 Å². The first-order chi connectivity index (χ1) is 17.7. The highest BCUT2D eigenvalue weighted by molar-refractivity contribution is 8.01. The molecule has 2 N–H and O–H groups in total. The van der Waals surface area contributed by atoms with Crippen molar-refractivity contribution < 1.29 is 9.47 Å². The fraction of sp³-hybridized carbons (Fsp3) is 0.560. The van der Waals surface area contributed by atoms with E-state index in [4.69, 9.17) is 19.4 Å². The molecule has 3 fully saturated rings. The number of fused-ring (bicyclic) bond motifs is 1. The quantitative estimate of drug-likeness (QED) is 0.424. The smallest absolute Gasteiger partial charge is 0.237 e. The topological polar surface area (TPSA) is 87.7 Å². The van der Waals surface area contributed by atoms with Crippen LogP contribution in [-0.2, 0) is 11.3 Å². The number of pyridine rings is 1. The van der Waals surface area contributed by atoms with Crippen molar-refractivity contribution in [3.63, 3.8) is 0 Å². The van der Waals surface area contributed by atoms with Crippen molar-refractivity contribution in [2.75, 3.05) is 69.2 Å². The summed E-state index contributed by atoms with van der Waals surface area (Å²) in [6.07, 6.45) is 4.39. The first-order valence-electron chi connectivity index (χ1n) is 12.7. The van der Waals surface area contributed by atoms with Crippen molar-refractivity contribution in [3.05, 3.63) is 22.7 Å². The lowest BCUT2D eigenvalue weighted by Gasteiger charge is -2.28. The number of morpholine rings is 1. The molecule has 0 amide bonds. The van der Waals surface area contributed by atoms with Crippen LogP contribution in [0.1, 0.15) is 23.3 Å². The molecule has 11 heteroatoms. The van der Waals surface area contributed by atoms with Gasteiger partial charge in [-0.05, 0) is 37.8 Å². The first kappa shape index (κ1) is 24.2. The van der Waals surface area contributed by atoms with Crippen LogP contribution in [0, 0.1) is 6.92 Å². The van der Waals surface area contributed by atoms with Crippen LogP contribution < -0.4 is 19.7 Å². The van der Waals surface area contributed by atoms with E-state index in [1.54, 1.807) is 30.4 Å². The van der Waals surface area contributed by atoms with Gasteiger partial charge in [0, 0.05) is 73.3 Å². The number of piperazine rings is 1. The molecule has 0 atom stereocenters. The van der Waals surface area contributed by atoms with E-state index in [-0.39, 0.29) is 0 Å². The van der Waals surface area contributed by atoms with Gasteiger partial charge in [-0.2, -0.15) is 0 Å². The molecule has 36 heavy (non-hydrogen) atoms. The Morgan fingerprint density at radius 3 is 2.75 bits per heavy atom. The number of hydrogen-bond donors (Lipinski definition) is 2. The summed E-state index contributed by atoms with van der Waals surface area (Å²) in [7, 11) is 1.67. The van der Waals surface area contributed by atoms with Gasteiger partial charge in [-0.25, -0.2) is 15.0 Å². The minimum Gasteiger partial charge on any atom is -0.480 e. The van der Waals surface area contributed by atoms with Crippen LogP contribution in [0.2, 0.25) is 0 Å². The summed E-state index contributed by atoms with van der Waals surface area (Å²) in [4.78, 5) is 21.0. The third-order valence-electron chi connectivity index (χ3n) is 6.88. The predicted molar refractivity (Wildman–Crippen MR) is 147 cm³/mol. The first-order valence-corrected chi connectivity index (χ1v) is 14.4. The van der Waals surface area contributed by atoms with E-state index in [9.17, 15) is 0 Å². The van der Waals surface area contributed by atoms with Gasteiger partial charge in [0.2, 0.25) is 11.8 Å². The number of nitrogens with zero attached hydrogens (tertiary/aromatic N) is 5. The SMILES string of the molecule is COc1ncc(-c2nc(N3CCOCC3)nc3c(CN4CCNCC4)c(C)sc23)cc1NSC1CC1. The lowest BCUT2D eigenvalue weighted by atomic mass is 10.1. The molecule has 0 bridgehead atoms. The summed E-state index contributed by atoms with van der Waals surface area (Å²) in [5.74, 6) is 1.38. The minimum atomic E-state index is 0.604. The van der Waals surface area contributed by atoms with Crippen molar-refractivity contribution in [2.24, 2.45) is 0 Å². The molecule has 0 radical (unpaired) electrons. The Balaban J connectivity index is 1.44. The number of hydrogen-bond acceptors (Lipinski definition) is 11. The van der Waals surface area contributed by atoms with Gasteiger partial charge in [0.1, 0.15) is 5.69 Å². The molecule has 192 valence electrons. The summed E-state index contributed by atoms with van der Waals surface area (Å²) in [5, 5.41) is 4.13. The van der Waals surface area contributed by atoms with Crippen molar-refractivity contribution in [1.82, 2.24) is 25.2 Å². The molecule has 3 aliphatic rings. The Hall–Kier alpha value is -2.18. The summed E-state index contributed by atoms with van der Waals surface area (Å²) < 4.78 is 15.8. The molecular formula is C25H33N7O2S2. The van der Waals surface area contributed by atoms with Gasteiger partial charge in [0.15, 0.2) is 0 Å². The number of nitrogens with one attached hydrogen (secondary N) is 2. The van der Waals surface area contributed by atoms with Crippen LogP contribution in [0.25, 0.3) is 21.5 Å². The van der Waals surface area contributed by atoms with Crippen LogP contribution in [0.15, 0.2) is 12.3 Å². The number of anilines is 2. The Kier molecular flexibility index (Phi) is 7.16. The van der Waals surface area contributed by atoms with Crippen LogP contribution in [-0.4, -0.2) is 84.7 Å². The molecule has 0 unspecified atom stereocenters. The fourth-order valence-corrected chi connectivity index (χ4v) is 6.58. The van der Waals surface area contributed by atoms with E-state index in [2.05, 4.69) is 37.8 Å². The van der Waals surface area contributed by atoms with E-state index in [1.807, 2.05) is 6.20 Å². The maximum atomic E-state index is 5.60. The molecule has 1 aliphatic carbocycles.